The summed E-state index contributed by atoms with van der Waals surface area (Å²) in [4.78, 5) is 7.77. The van der Waals surface area contributed by atoms with Crippen LogP contribution in [0.1, 0.15) is 26.2 Å². The van der Waals surface area contributed by atoms with Crippen molar-refractivity contribution < 1.29 is 13.2 Å². The minimum Gasteiger partial charge on any atom is -0.356 e. The summed E-state index contributed by atoms with van der Waals surface area (Å²) >= 11 is 0. The molecule has 4 nitrogen and oxygen atoms in total. The second-order valence-corrected chi connectivity index (χ2v) is 5.85. The number of hydrogen-bond donors (Lipinski definition) is 1. The van der Waals surface area contributed by atoms with Gasteiger partial charge in [-0.3, -0.25) is 9.89 Å². The summed E-state index contributed by atoms with van der Waals surface area (Å²) in [5.74, 6) is 1.62. The van der Waals surface area contributed by atoms with E-state index < -0.39 is 12.7 Å². The first kappa shape index (κ1) is 21.8. The number of nitrogens with one attached hydrogen (secondary N) is 1. The van der Waals surface area contributed by atoms with Crippen LogP contribution in [-0.4, -0.2) is 68.8 Å². The summed E-state index contributed by atoms with van der Waals surface area (Å²) in [6.07, 6.45) is -1.14. The van der Waals surface area contributed by atoms with Crippen molar-refractivity contribution >= 4 is 29.9 Å². The average Bonchev–Trinajstić information content (AvgIpc) is 2.38. The number of hydrogen-bond acceptors (Lipinski definition) is 2. The van der Waals surface area contributed by atoms with Crippen LogP contribution < -0.4 is 5.32 Å². The van der Waals surface area contributed by atoms with Crippen molar-refractivity contribution in [3.8, 4) is 0 Å². The SMILES string of the molecule is CN=C(NCCCN(C)CC(F)(F)F)N1CCC(C)CC1.I. The Morgan fingerprint density at radius 1 is 1.32 bits per heavy atom. The Morgan fingerprint density at radius 3 is 2.41 bits per heavy atom. The lowest BCUT2D eigenvalue weighted by atomic mass is 10.00. The van der Waals surface area contributed by atoms with Crippen molar-refractivity contribution in [1.29, 1.82) is 0 Å². The third kappa shape index (κ3) is 9.02. The van der Waals surface area contributed by atoms with Crippen LogP contribution >= 0.6 is 24.0 Å². The Labute approximate surface area is 148 Å². The molecule has 0 spiro atoms. The summed E-state index contributed by atoms with van der Waals surface area (Å²) in [6, 6.07) is 0. The van der Waals surface area contributed by atoms with E-state index in [4.69, 9.17) is 0 Å². The fraction of sp³-hybridized carbons (Fsp3) is 0.929. The number of nitrogens with zero attached hydrogens (tertiary/aromatic N) is 3. The number of alkyl halides is 3. The Balaban J connectivity index is 0.00000441. The molecule has 0 radical (unpaired) electrons. The van der Waals surface area contributed by atoms with Gasteiger partial charge < -0.3 is 10.2 Å². The van der Waals surface area contributed by atoms with Gasteiger partial charge in [-0.25, -0.2) is 0 Å². The molecule has 1 aliphatic rings. The molecule has 1 fully saturated rings. The number of piperidine rings is 1. The lowest BCUT2D eigenvalue weighted by molar-refractivity contribution is -0.143. The van der Waals surface area contributed by atoms with Crippen LogP contribution in [0.3, 0.4) is 0 Å². The number of guanidine groups is 1. The van der Waals surface area contributed by atoms with Crippen molar-refractivity contribution in [2.24, 2.45) is 10.9 Å². The van der Waals surface area contributed by atoms with Gasteiger partial charge in [0.05, 0.1) is 6.54 Å². The van der Waals surface area contributed by atoms with Crippen molar-refractivity contribution in [3.63, 3.8) is 0 Å². The summed E-state index contributed by atoms with van der Waals surface area (Å²) in [5, 5.41) is 3.24. The van der Waals surface area contributed by atoms with E-state index in [1.54, 1.807) is 7.05 Å². The lowest BCUT2D eigenvalue weighted by Gasteiger charge is -2.33. The topological polar surface area (TPSA) is 30.9 Å². The van der Waals surface area contributed by atoms with Gasteiger partial charge in [-0.15, -0.1) is 24.0 Å². The second kappa shape index (κ2) is 10.5. The maximum atomic E-state index is 12.2. The minimum absolute atomic E-state index is 0. The maximum absolute atomic E-state index is 12.2. The predicted octanol–water partition coefficient (Wildman–Crippen LogP) is 2.80. The van der Waals surface area contributed by atoms with Crippen molar-refractivity contribution in [2.45, 2.75) is 32.4 Å². The van der Waals surface area contributed by atoms with Crippen LogP contribution in [0.2, 0.25) is 0 Å². The summed E-state index contributed by atoms with van der Waals surface area (Å²) in [7, 11) is 3.24. The predicted molar refractivity (Wildman–Crippen MR) is 94.9 cm³/mol. The Morgan fingerprint density at radius 2 is 1.91 bits per heavy atom. The molecule has 0 aromatic rings. The molecule has 8 heteroatoms. The first-order chi connectivity index (χ1) is 9.81. The molecule has 1 saturated heterocycles. The van der Waals surface area contributed by atoms with E-state index >= 15 is 0 Å². The average molecular weight is 436 g/mol. The van der Waals surface area contributed by atoms with Crippen LogP contribution in [0.25, 0.3) is 0 Å². The van der Waals surface area contributed by atoms with Crippen LogP contribution in [-0.2, 0) is 0 Å². The van der Waals surface area contributed by atoms with E-state index in [9.17, 15) is 13.2 Å². The molecule has 0 aromatic carbocycles. The van der Waals surface area contributed by atoms with E-state index in [0.29, 0.717) is 19.5 Å². The van der Waals surface area contributed by atoms with Crippen molar-refractivity contribution in [2.75, 3.05) is 46.8 Å². The monoisotopic (exact) mass is 436 g/mol. The molecule has 1 rings (SSSR count). The van der Waals surface area contributed by atoms with E-state index in [1.807, 2.05) is 0 Å². The molecular weight excluding hydrogens is 408 g/mol. The highest BCUT2D eigenvalue weighted by molar-refractivity contribution is 14.0. The number of likely N-dealkylation sites (tertiary alicyclic amines) is 1. The quantitative estimate of drug-likeness (QED) is 0.311. The second-order valence-electron chi connectivity index (χ2n) is 5.85. The molecule has 132 valence electrons. The molecule has 1 aliphatic heterocycles. The van der Waals surface area contributed by atoms with Crippen LogP contribution in [0.15, 0.2) is 4.99 Å². The molecule has 1 heterocycles. The lowest BCUT2D eigenvalue weighted by Crippen LogP contribution is -2.46. The summed E-state index contributed by atoms with van der Waals surface area (Å²) in [6.45, 7) is 4.45. The van der Waals surface area contributed by atoms with Crippen LogP contribution in [0.5, 0.6) is 0 Å². The van der Waals surface area contributed by atoms with E-state index in [2.05, 4.69) is 22.1 Å². The van der Waals surface area contributed by atoms with Gasteiger partial charge in [0.15, 0.2) is 5.96 Å². The highest BCUT2D eigenvalue weighted by Gasteiger charge is 2.28. The van der Waals surface area contributed by atoms with Crippen LogP contribution in [0.4, 0.5) is 13.2 Å². The van der Waals surface area contributed by atoms with E-state index in [-0.39, 0.29) is 24.0 Å². The fourth-order valence-electron chi connectivity index (χ4n) is 2.49. The largest absolute Gasteiger partial charge is 0.401 e. The smallest absolute Gasteiger partial charge is 0.356 e. The number of aliphatic imine (C=N–C) groups is 1. The standard InChI is InChI=1S/C14H27F3N4.HI/c1-12-5-9-21(10-6-12)13(18-2)19-7-4-8-20(3)11-14(15,16)17;/h12H,4-11H2,1-3H3,(H,18,19);1H. The summed E-state index contributed by atoms with van der Waals surface area (Å²) in [5.41, 5.74) is 0. The minimum atomic E-state index is -4.12. The Hall–Kier alpha value is -0.250. The highest BCUT2D eigenvalue weighted by Crippen LogP contribution is 2.16. The number of rotatable bonds is 5. The molecule has 0 amide bonds. The third-order valence-electron chi connectivity index (χ3n) is 3.74. The van der Waals surface area contributed by atoms with Gasteiger partial charge in [-0.1, -0.05) is 6.92 Å². The Bertz CT molecular complexity index is 329. The van der Waals surface area contributed by atoms with Gasteiger partial charge in [0.25, 0.3) is 0 Å². The van der Waals surface area contributed by atoms with Gasteiger partial charge >= 0.3 is 6.18 Å². The third-order valence-corrected chi connectivity index (χ3v) is 3.74. The molecule has 0 bridgehead atoms. The van der Waals surface area contributed by atoms with Crippen LogP contribution in [0, 0.1) is 5.92 Å². The first-order valence-electron chi connectivity index (χ1n) is 7.52. The van der Waals surface area contributed by atoms with Gasteiger partial charge in [-0.2, -0.15) is 13.2 Å². The molecule has 0 aliphatic carbocycles. The molecule has 22 heavy (non-hydrogen) atoms. The van der Waals surface area contributed by atoms with Gasteiger partial charge in [-0.05, 0) is 38.8 Å². The highest BCUT2D eigenvalue weighted by atomic mass is 127. The van der Waals surface area contributed by atoms with Crippen molar-refractivity contribution in [1.82, 2.24) is 15.1 Å². The number of halogens is 4. The fourth-order valence-corrected chi connectivity index (χ4v) is 2.49. The van der Waals surface area contributed by atoms with Crippen molar-refractivity contribution in [3.05, 3.63) is 0 Å². The molecular formula is C14H28F3IN4. The molecule has 1 N–H and O–H groups in total. The molecule has 0 atom stereocenters. The molecule has 0 saturated carbocycles. The van der Waals surface area contributed by atoms with Gasteiger partial charge in [0.1, 0.15) is 0 Å². The molecule has 0 aromatic heterocycles. The first-order valence-corrected chi connectivity index (χ1v) is 7.52. The summed E-state index contributed by atoms with van der Waals surface area (Å²) < 4.78 is 36.6. The van der Waals surface area contributed by atoms with Gasteiger partial charge in [0.2, 0.25) is 0 Å². The normalized spacial score (nSPS) is 17.6. The zero-order chi connectivity index (χ0) is 15.9. The zero-order valence-corrected chi connectivity index (χ0v) is 15.9. The maximum Gasteiger partial charge on any atom is 0.401 e. The zero-order valence-electron chi connectivity index (χ0n) is 13.6. The Kier molecular flexibility index (Phi) is 10.4. The molecule has 0 unspecified atom stereocenters. The van der Waals surface area contributed by atoms with E-state index in [1.165, 1.54) is 11.9 Å². The van der Waals surface area contributed by atoms with Gasteiger partial charge in [0, 0.05) is 26.7 Å². The van der Waals surface area contributed by atoms with E-state index in [0.717, 1.165) is 37.8 Å².